The lowest BCUT2D eigenvalue weighted by Gasteiger charge is -2.20. The Hall–Kier alpha value is -5.47. The fourth-order valence-corrected chi connectivity index (χ4v) is 5.94. The third kappa shape index (κ3) is 6.88. The van der Waals surface area contributed by atoms with Crippen molar-refractivity contribution in [3.63, 3.8) is 0 Å². The number of hydrogen-bond donors (Lipinski definition) is 0. The van der Waals surface area contributed by atoms with Crippen molar-refractivity contribution in [1.82, 2.24) is 0 Å². The highest BCUT2D eigenvalue weighted by Gasteiger charge is 2.40. The molecule has 2 aliphatic heterocycles. The molecule has 238 valence electrons. The van der Waals surface area contributed by atoms with Gasteiger partial charge in [-0.3, -0.25) is 19.2 Å². The third-order valence-corrected chi connectivity index (χ3v) is 8.49. The number of rotatable bonds is 14. The van der Waals surface area contributed by atoms with Crippen molar-refractivity contribution in [2.24, 2.45) is 0 Å². The van der Waals surface area contributed by atoms with Gasteiger partial charge < -0.3 is 4.74 Å². The lowest BCUT2D eigenvalue weighted by Crippen LogP contribution is -2.32. The van der Waals surface area contributed by atoms with E-state index in [2.05, 4.69) is 18.8 Å². The first-order valence-electron chi connectivity index (χ1n) is 16.1. The fraction of sp³-hybridized carbons (Fsp3) is 0.308. The average Bonchev–Trinajstić information content (AvgIpc) is 3.49. The van der Waals surface area contributed by atoms with Gasteiger partial charge in [0.2, 0.25) is 0 Å². The molecule has 47 heavy (non-hydrogen) atoms. The molecule has 0 N–H and O–H groups in total. The van der Waals surface area contributed by atoms with Crippen LogP contribution in [-0.4, -0.2) is 36.2 Å². The highest BCUT2D eigenvalue weighted by molar-refractivity contribution is 6.36. The molecular weight excluding hydrogens is 592 g/mol. The van der Waals surface area contributed by atoms with Crippen LogP contribution in [0.4, 0.5) is 11.4 Å². The van der Waals surface area contributed by atoms with E-state index < -0.39 is 29.6 Å². The molecule has 2 aliphatic rings. The van der Waals surface area contributed by atoms with Crippen molar-refractivity contribution in [2.75, 3.05) is 16.4 Å². The zero-order valence-corrected chi connectivity index (χ0v) is 26.5. The van der Waals surface area contributed by atoms with E-state index in [1.807, 2.05) is 0 Å². The topological polar surface area (TPSA) is 101 Å². The summed E-state index contributed by atoms with van der Waals surface area (Å²) in [6, 6.07) is 13.0. The summed E-state index contributed by atoms with van der Waals surface area (Å²) in [5.74, 6) is 1.65. The van der Waals surface area contributed by atoms with E-state index in [4.69, 9.17) is 17.6 Å². The number of esters is 1. The van der Waals surface area contributed by atoms with Crippen LogP contribution in [0.25, 0.3) is 0 Å². The minimum absolute atomic E-state index is 0.00251. The number of fused-ring (bicyclic) bond motifs is 2. The SMILES string of the molecule is C#Cc1ccc2c(c1)C(=O)N(c1cc(C(=O)OCCCCCCCCCCCC)cc(N3C(=O)c4ccc(C#C)cc4C3=O)c1)C2=O. The third-order valence-electron chi connectivity index (χ3n) is 8.49. The Morgan fingerprint density at radius 2 is 1.02 bits per heavy atom. The summed E-state index contributed by atoms with van der Waals surface area (Å²) in [5.41, 5.74) is 1.35. The molecule has 8 nitrogen and oxygen atoms in total. The number of hydrogen-bond acceptors (Lipinski definition) is 6. The van der Waals surface area contributed by atoms with Crippen molar-refractivity contribution in [1.29, 1.82) is 0 Å². The van der Waals surface area contributed by atoms with Crippen LogP contribution < -0.4 is 9.80 Å². The molecule has 0 radical (unpaired) electrons. The summed E-state index contributed by atoms with van der Waals surface area (Å²) in [4.78, 5) is 69.1. The maximum atomic E-state index is 13.5. The van der Waals surface area contributed by atoms with Gasteiger partial charge in [0.15, 0.2) is 0 Å². The van der Waals surface area contributed by atoms with Crippen molar-refractivity contribution in [3.05, 3.63) is 93.5 Å². The van der Waals surface area contributed by atoms with E-state index in [1.54, 1.807) is 12.1 Å². The summed E-state index contributed by atoms with van der Waals surface area (Å²) in [5, 5.41) is 0. The van der Waals surface area contributed by atoms with E-state index in [9.17, 15) is 24.0 Å². The Kier molecular flexibility index (Phi) is 10.3. The second-order valence-corrected chi connectivity index (χ2v) is 11.8. The van der Waals surface area contributed by atoms with Gasteiger partial charge >= 0.3 is 5.97 Å². The molecule has 3 aromatic carbocycles. The quantitative estimate of drug-likeness (QED) is 0.0802. The molecule has 0 spiro atoms. The molecule has 8 heteroatoms. The summed E-state index contributed by atoms with van der Waals surface area (Å²) in [6.07, 6.45) is 22.3. The number of carbonyl (C=O) groups excluding carboxylic acids is 5. The van der Waals surface area contributed by atoms with E-state index in [1.165, 1.54) is 81.0 Å². The Morgan fingerprint density at radius 1 is 0.596 bits per heavy atom. The molecule has 0 unspecified atom stereocenters. The van der Waals surface area contributed by atoms with E-state index in [0.717, 1.165) is 29.1 Å². The van der Waals surface area contributed by atoms with Crippen LogP contribution in [0.2, 0.25) is 0 Å². The van der Waals surface area contributed by atoms with Crippen LogP contribution in [0.15, 0.2) is 54.6 Å². The molecule has 0 atom stereocenters. The number of imide groups is 2. The number of benzene rings is 3. The first-order valence-corrected chi connectivity index (χ1v) is 16.1. The van der Waals surface area contributed by atoms with Crippen molar-refractivity contribution < 1.29 is 28.7 Å². The van der Waals surface area contributed by atoms with Gasteiger partial charge in [0.1, 0.15) is 0 Å². The van der Waals surface area contributed by atoms with Crippen LogP contribution >= 0.6 is 0 Å². The molecule has 0 fully saturated rings. The molecule has 4 amide bonds. The summed E-state index contributed by atoms with van der Waals surface area (Å²) in [7, 11) is 0. The summed E-state index contributed by atoms with van der Waals surface area (Å²) in [6.45, 7) is 2.39. The van der Waals surface area contributed by atoms with Gasteiger partial charge in [-0.2, -0.15) is 0 Å². The molecule has 5 rings (SSSR count). The zero-order chi connectivity index (χ0) is 33.5. The van der Waals surface area contributed by atoms with Gasteiger partial charge in [0.25, 0.3) is 23.6 Å². The lowest BCUT2D eigenvalue weighted by atomic mass is 10.1. The first kappa shape index (κ1) is 32.9. The predicted molar refractivity (Wildman–Crippen MR) is 180 cm³/mol. The van der Waals surface area contributed by atoms with Crippen LogP contribution in [0.3, 0.4) is 0 Å². The van der Waals surface area contributed by atoms with E-state index in [-0.39, 0.29) is 45.8 Å². The number of terminal acetylenes is 2. The van der Waals surface area contributed by atoms with Crippen LogP contribution in [0, 0.1) is 24.7 Å². The molecule has 0 saturated carbocycles. The lowest BCUT2D eigenvalue weighted by molar-refractivity contribution is 0.0496. The maximum absolute atomic E-state index is 13.5. The largest absolute Gasteiger partial charge is 0.462 e. The minimum Gasteiger partial charge on any atom is -0.462 e. The number of anilines is 2. The Labute approximate surface area is 275 Å². The smallest absolute Gasteiger partial charge is 0.338 e. The standard InChI is InChI=1S/C39H36N2O6/c1-4-7-8-9-10-11-12-13-14-15-20-47-39(46)28-23-29(40-35(42)31-18-16-26(5-2)21-33(31)37(40)44)25-30(24-28)41-36(43)32-19-17-27(6-3)22-34(32)38(41)45/h2-3,16-19,21-25H,4,7-15,20H2,1H3. The molecule has 0 aromatic heterocycles. The predicted octanol–water partition coefficient (Wildman–Crippen LogP) is 7.33. The van der Waals surface area contributed by atoms with Crippen LogP contribution in [-0.2, 0) is 4.74 Å². The number of amides is 4. The van der Waals surface area contributed by atoms with Gasteiger partial charge in [-0.05, 0) is 61.0 Å². The minimum atomic E-state index is -0.707. The first-order chi connectivity index (χ1) is 22.8. The molecule has 0 bridgehead atoms. The highest BCUT2D eigenvalue weighted by Crippen LogP contribution is 2.36. The molecule has 0 aliphatic carbocycles. The molecule has 0 saturated heterocycles. The number of carbonyl (C=O) groups is 5. The monoisotopic (exact) mass is 628 g/mol. The van der Waals surface area contributed by atoms with Crippen molar-refractivity contribution in [2.45, 2.75) is 71.1 Å². The second-order valence-electron chi connectivity index (χ2n) is 11.8. The molecular formula is C39H36N2O6. The van der Waals surface area contributed by atoms with Crippen molar-refractivity contribution in [3.8, 4) is 24.7 Å². The maximum Gasteiger partial charge on any atom is 0.338 e. The van der Waals surface area contributed by atoms with Gasteiger partial charge in [-0.15, -0.1) is 12.8 Å². The van der Waals surface area contributed by atoms with E-state index >= 15 is 0 Å². The Bertz CT molecular complexity index is 1730. The number of ether oxygens (including phenoxy) is 1. The fourth-order valence-electron chi connectivity index (χ4n) is 5.94. The highest BCUT2D eigenvalue weighted by atomic mass is 16.5. The normalized spacial score (nSPS) is 13.4. The molecule has 3 aromatic rings. The van der Waals surface area contributed by atoms with Gasteiger partial charge in [-0.25, -0.2) is 14.6 Å². The van der Waals surface area contributed by atoms with Gasteiger partial charge in [0.05, 0.1) is 45.8 Å². The van der Waals surface area contributed by atoms with Crippen LogP contribution in [0.5, 0.6) is 0 Å². The van der Waals surface area contributed by atoms with Crippen LogP contribution in [0.1, 0.15) is 134 Å². The summed E-state index contributed by atoms with van der Waals surface area (Å²) < 4.78 is 5.57. The molecule has 2 heterocycles. The Balaban J connectivity index is 1.36. The Morgan fingerprint density at radius 3 is 1.47 bits per heavy atom. The van der Waals surface area contributed by atoms with Gasteiger partial charge in [0, 0.05) is 11.1 Å². The van der Waals surface area contributed by atoms with Gasteiger partial charge in [-0.1, -0.05) is 76.6 Å². The summed E-state index contributed by atoms with van der Waals surface area (Å²) >= 11 is 0. The average molecular weight is 629 g/mol. The van der Waals surface area contributed by atoms with Crippen molar-refractivity contribution >= 4 is 41.0 Å². The zero-order valence-electron chi connectivity index (χ0n) is 26.5. The number of unbranched alkanes of at least 4 members (excludes halogenated alkanes) is 9. The second kappa shape index (κ2) is 14.7. The number of nitrogens with zero attached hydrogens (tertiary/aromatic N) is 2. The van der Waals surface area contributed by atoms with E-state index in [0.29, 0.717) is 17.5 Å².